The average molecular weight is 504 g/mol. The summed E-state index contributed by atoms with van der Waals surface area (Å²) in [5.41, 5.74) is 1.06. The number of amides is 1. The van der Waals surface area contributed by atoms with E-state index in [1.165, 1.54) is 6.42 Å². The molecule has 1 heterocycles. The first-order chi connectivity index (χ1) is 13.0. The fourth-order valence-corrected chi connectivity index (χ4v) is 2.93. The normalized spacial score (nSPS) is 16.7. The highest BCUT2D eigenvalue weighted by Crippen LogP contribution is 2.19. The molecule has 0 aliphatic carbocycles. The molecule has 1 N–H and O–H groups in total. The summed E-state index contributed by atoms with van der Waals surface area (Å²) >= 11 is 0. The molecule has 1 aliphatic heterocycles. The Bertz CT molecular complexity index is 634. The zero-order valence-electron chi connectivity index (χ0n) is 17.3. The molecule has 8 heteroatoms. The minimum Gasteiger partial charge on any atom is -0.496 e. The second-order valence-corrected chi connectivity index (χ2v) is 6.97. The van der Waals surface area contributed by atoms with Crippen LogP contribution in [0.3, 0.4) is 0 Å². The van der Waals surface area contributed by atoms with E-state index in [9.17, 15) is 4.79 Å². The van der Waals surface area contributed by atoms with Crippen molar-refractivity contribution in [2.75, 3.05) is 47.9 Å². The van der Waals surface area contributed by atoms with Crippen LogP contribution in [-0.2, 0) is 16.1 Å². The predicted octanol–water partition coefficient (Wildman–Crippen LogP) is 2.35. The molecule has 0 radical (unpaired) electrons. The van der Waals surface area contributed by atoms with E-state index in [0.29, 0.717) is 19.0 Å². The number of hydrogen-bond acceptors (Lipinski definition) is 4. The van der Waals surface area contributed by atoms with Gasteiger partial charge in [-0.15, -0.1) is 24.0 Å². The van der Waals surface area contributed by atoms with E-state index in [0.717, 1.165) is 30.8 Å². The van der Waals surface area contributed by atoms with Gasteiger partial charge < -0.3 is 24.6 Å². The van der Waals surface area contributed by atoms with Crippen LogP contribution in [0, 0.1) is 0 Å². The number of halogens is 1. The van der Waals surface area contributed by atoms with Gasteiger partial charge in [-0.2, -0.15) is 0 Å². The molecule has 0 spiro atoms. The standard InChI is InChI=1S/C20H32N4O3.HI/c1-23(2)19(25)14-22-20(21-13-17-10-7-8-12-27-17)24(3)15-16-9-5-6-11-18(16)26-4;/h5-6,9,11,17H,7-8,10,12-15H2,1-4H3,(H,21,22);1H. The molecule has 1 aliphatic rings. The lowest BCUT2D eigenvalue weighted by Crippen LogP contribution is -2.43. The molecule has 0 bridgehead atoms. The lowest BCUT2D eigenvalue weighted by Gasteiger charge is -2.27. The van der Waals surface area contributed by atoms with Crippen LogP contribution >= 0.6 is 24.0 Å². The topological polar surface area (TPSA) is 66.4 Å². The average Bonchev–Trinajstić information content (AvgIpc) is 2.68. The van der Waals surface area contributed by atoms with Crippen molar-refractivity contribution >= 4 is 35.8 Å². The number of carbonyl (C=O) groups excluding carboxylic acids is 1. The van der Waals surface area contributed by atoms with Gasteiger partial charge in [0.15, 0.2) is 5.96 Å². The van der Waals surface area contributed by atoms with E-state index in [2.05, 4.69) is 10.3 Å². The summed E-state index contributed by atoms with van der Waals surface area (Å²) in [6.07, 6.45) is 3.55. The molecule has 7 nitrogen and oxygen atoms in total. The van der Waals surface area contributed by atoms with Crippen molar-refractivity contribution in [3.63, 3.8) is 0 Å². The van der Waals surface area contributed by atoms with Gasteiger partial charge in [-0.3, -0.25) is 4.79 Å². The molecule has 0 saturated carbocycles. The number of aliphatic imine (C=N–C) groups is 1. The van der Waals surface area contributed by atoms with Gasteiger partial charge in [0.25, 0.3) is 0 Å². The smallest absolute Gasteiger partial charge is 0.243 e. The minimum absolute atomic E-state index is 0. The number of nitrogens with zero attached hydrogens (tertiary/aromatic N) is 3. The number of benzene rings is 1. The molecule has 0 aromatic heterocycles. The minimum atomic E-state index is -0.0334. The highest BCUT2D eigenvalue weighted by atomic mass is 127. The third-order valence-corrected chi connectivity index (χ3v) is 4.59. The first-order valence-electron chi connectivity index (χ1n) is 9.44. The number of rotatable bonds is 7. The van der Waals surface area contributed by atoms with E-state index in [1.807, 2.05) is 36.2 Å². The van der Waals surface area contributed by atoms with Crippen LogP contribution in [0.4, 0.5) is 0 Å². The Kier molecular flexibility index (Phi) is 11.2. The molecular weight excluding hydrogens is 471 g/mol. The van der Waals surface area contributed by atoms with Gasteiger partial charge in [-0.1, -0.05) is 18.2 Å². The maximum absolute atomic E-state index is 12.0. The highest BCUT2D eigenvalue weighted by Gasteiger charge is 2.17. The van der Waals surface area contributed by atoms with Gasteiger partial charge in [0.2, 0.25) is 5.91 Å². The van der Waals surface area contributed by atoms with Gasteiger partial charge in [0.1, 0.15) is 12.3 Å². The van der Waals surface area contributed by atoms with E-state index in [4.69, 9.17) is 9.47 Å². The largest absolute Gasteiger partial charge is 0.496 e. The second-order valence-electron chi connectivity index (χ2n) is 6.97. The molecule has 2 rings (SSSR count). The Labute approximate surface area is 185 Å². The number of likely N-dealkylation sites (N-methyl/N-ethyl adjacent to an activating group) is 1. The van der Waals surface area contributed by atoms with Crippen molar-refractivity contribution in [2.45, 2.75) is 31.9 Å². The zero-order chi connectivity index (χ0) is 19.6. The first-order valence-corrected chi connectivity index (χ1v) is 9.44. The first kappa shape index (κ1) is 24.5. The Morgan fingerprint density at radius 2 is 2.04 bits per heavy atom. The highest BCUT2D eigenvalue weighted by molar-refractivity contribution is 14.0. The van der Waals surface area contributed by atoms with E-state index in [1.54, 1.807) is 26.1 Å². The molecule has 1 fully saturated rings. The molecule has 158 valence electrons. The third kappa shape index (κ3) is 7.83. The fraction of sp³-hybridized carbons (Fsp3) is 0.600. The van der Waals surface area contributed by atoms with Gasteiger partial charge in [0, 0.05) is 46.4 Å². The summed E-state index contributed by atoms with van der Waals surface area (Å²) in [7, 11) is 7.10. The van der Waals surface area contributed by atoms with Crippen molar-refractivity contribution < 1.29 is 14.3 Å². The maximum Gasteiger partial charge on any atom is 0.243 e. The Hall–Kier alpha value is -1.55. The van der Waals surface area contributed by atoms with Crippen LogP contribution in [0.5, 0.6) is 5.75 Å². The van der Waals surface area contributed by atoms with Gasteiger partial charge in [-0.25, -0.2) is 4.99 Å². The predicted molar refractivity (Wildman–Crippen MR) is 122 cm³/mol. The van der Waals surface area contributed by atoms with E-state index < -0.39 is 0 Å². The molecule has 1 saturated heterocycles. The molecule has 1 unspecified atom stereocenters. The van der Waals surface area contributed by atoms with Crippen molar-refractivity contribution in [3.05, 3.63) is 29.8 Å². The summed E-state index contributed by atoms with van der Waals surface area (Å²) in [4.78, 5) is 20.0. The summed E-state index contributed by atoms with van der Waals surface area (Å²) in [6, 6.07) is 7.91. The van der Waals surface area contributed by atoms with Crippen LogP contribution in [0.25, 0.3) is 0 Å². The van der Waals surface area contributed by atoms with Gasteiger partial charge in [-0.05, 0) is 25.3 Å². The lowest BCUT2D eigenvalue weighted by atomic mass is 10.1. The molecule has 28 heavy (non-hydrogen) atoms. The summed E-state index contributed by atoms with van der Waals surface area (Å²) in [5, 5.41) is 3.38. The van der Waals surface area contributed by atoms with Crippen molar-refractivity contribution in [1.29, 1.82) is 0 Å². The molecule has 1 amide bonds. The Morgan fingerprint density at radius 3 is 2.68 bits per heavy atom. The van der Waals surface area contributed by atoms with E-state index >= 15 is 0 Å². The Balaban J connectivity index is 0.00000392. The number of methoxy groups -OCH3 is 1. The van der Waals surface area contributed by atoms with Crippen molar-refractivity contribution in [1.82, 2.24) is 15.1 Å². The maximum atomic E-state index is 12.0. The SMILES string of the molecule is COc1ccccc1CN(C)C(=NCC(=O)N(C)C)NCC1CCCCO1.I. The van der Waals surface area contributed by atoms with Crippen LogP contribution in [0.15, 0.2) is 29.3 Å². The summed E-state index contributed by atoms with van der Waals surface area (Å²) in [6.45, 7) is 2.23. The number of hydrogen-bond donors (Lipinski definition) is 1. The number of nitrogens with one attached hydrogen (secondary N) is 1. The molecule has 1 atom stereocenters. The van der Waals surface area contributed by atoms with Gasteiger partial charge in [0.05, 0.1) is 13.2 Å². The second kappa shape index (κ2) is 12.8. The van der Waals surface area contributed by atoms with Crippen LogP contribution < -0.4 is 10.1 Å². The quantitative estimate of drug-likeness (QED) is 0.351. The third-order valence-electron chi connectivity index (χ3n) is 4.59. The van der Waals surface area contributed by atoms with Crippen LogP contribution in [0.1, 0.15) is 24.8 Å². The van der Waals surface area contributed by atoms with Crippen LogP contribution in [0.2, 0.25) is 0 Å². The van der Waals surface area contributed by atoms with Crippen molar-refractivity contribution in [2.24, 2.45) is 4.99 Å². The van der Waals surface area contributed by atoms with Gasteiger partial charge >= 0.3 is 0 Å². The number of para-hydroxylation sites is 1. The number of guanidine groups is 1. The number of ether oxygens (including phenoxy) is 2. The van der Waals surface area contributed by atoms with E-state index in [-0.39, 0.29) is 42.5 Å². The van der Waals surface area contributed by atoms with Crippen LogP contribution in [-0.4, -0.2) is 75.7 Å². The molecule has 1 aromatic rings. The lowest BCUT2D eigenvalue weighted by molar-refractivity contribution is -0.127. The zero-order valence-corrected chi connectivity index (χ0v) is 19.6. The monoisotopic (exact) mass is 504 g/mol. The fourth-order valence-electron chi connectivity index (χ4n) is 2.93. The Morgan fingerprint density at radius 1 is 1.29 bits per heavy atom. The summed E-state index contributed by atoms with van der Waals surface area (Å²) in [5.74, 6) is 1.49. The molecular formula is C20H33IN4O3. The number of carbonyl (C=O) groups is 1. The summed E-state index contributed by atoms with van der Waals surface area (Å²) < 4.78 is 11.2. The molecule has 1 aromatic carbocycles. The van der Waals surface area contributed by atoms with Crippen molar-refractivity contribution in [3.8, 4) is 5.75 Å².